The van der Waals surface area contributed by atoms with Crippen molar-refractivity contribution in [2.24, 2.45) is 5.92 Å². The number of hydrogen-bond donors (Lipinski definition) is 1. The largest absolute Gasteiger partial charge is 0.468 e. The Labute approximate surface area is 92.3 Å². The summed E-state index contributed by atoms with van der Waals surface area (Å²) < 4.78 is 10.2. The van der Waals surface area contributed by atoms with Crippen molar-refractivity contribution in [1.82, 2.24) is 5.32 Å². The normalized spacial score (nSPS) is 15.1. The van der Waals surface area contributed by atoms with Crippen LogP contribution >= 0.6 is 0 Å². The van der Waals surface area contributed by atoms with Crippen molar-refractivity contribution in [3.63, 3.8) is 0 Å². The van der Waals surface area contributed by atoms with Gasteiger partial charge in [0.1, 0.15) is 5.54 Å². The monoisotopic (exact) mass is 217 g/mol. The molecule has 0 radical (unpaired) electrons. The van der Waals surface area contributed by atoms with Gasteiger partial charge in [0.15, 0.2) is 0 Å². The van der Waals surface area contributed by atoms with Crippen molar-refractivity contribution >= 4 is 5.97 Å². The fraction of sp³-hybridized carbons (Fsp3) is 0.909. The van der Waals surface area contributed by atoms with Crippen LogP contribution in [-0.4, -0.2) is 38.4 Å². The van der Waals surface area contributed by atoms with Gasteiger partial charge >= 0.3 is 5.97 Å². The summed E-state index contributed by atoms with van der Waals surface area (Å²) in [6, 6.07) is 0. The number of rotatable bonds is 7. The van der Waals surface area contributed by atoms with Crippen molar-refractivity contribution in [3.8, 4) is 0 Å². The third kappa shape index (κ3) is 5.14. The number of likely N-dealkylation sites (N-methyl/N-ethyl adjacent to an activating group) is 1. The van der Waals surface area contributed by atoms with Gasteiger partial charge in [-0.1, -0.05) is 20.8 Å². The molecule has 0 aromatic carbocycles. The summed E-state index contributed by atoms with van der Waals surface area (Å²) in [5, 5.41) is 3.08. The van der Waals surface area contributed by atoms with Gasteiger partial charge in [0.2, 0.25) is 0 Å². The molecular formula is C11H23NO3. The van der Waals surface area contributed by atoms with Crippen LogP contribution in [0.3, 0.4) is 0 Å². The number of nitrogens with one attached hydrogen (secondary N) is 1. The van der Waals surface area contributed by atoms with Crippen LogP contribution in [0.4, 0.5) is 0 Å². The van der Waals surface area contributed by atoms with Crippen LogP contribution in [0, 0.1) is 5.92 Å². The Kier molecular flexibility index (Phi) is 6.52. The molecule has 0 fully saturated rings. The summed E-state index contributed by atoms with van der Waals surface area (Å²) in [6.07, 6.45) is 0. The van der Waals surface area contributed by atoms with Gasteiger partial charge < -0.3 is 14.8 Å². The number of esters is 1. The standard InChI is InChI=1S/C11H23NO3/c1-6-12-11(4,10(13)14-5)8-15-7-9(2)3/h9,12H,6-8H2,1-5H3. The molecule has 0 rings (SSSR count). The minimum absolute atomic E-state index is 0.284. The summed E-state index contributed by atoms with van der Waals surface area (Å²) >= 11 is 0. The highest BCUT2D eigenvalue weighted by atomic mass is 16.5. The zero-order chi connectivity index (χ0) is 11.9. The van der Waals surface area contributed by atoms with Gasteiger partial charge in [-0.15, -0.1) is 0 Å². The first kappa shape index (κ1) is 14.4. The first-order chi connectivity index (χ1) is 6.96. The Morgan fingerprint density at radius 3 is 2.47 bits per heavy atom. The predicted molar refractivity (Wildman–Crippen MR) is 59.8 cm³/mol. The number of hydrogen-bond acceptors (Lipinski definition) is 4. The van der Waals surface area contributed by atoms with E-state index in [-0.39, 0.29) is 5.97 Å². The van der Waals surface area contributed by atoms with E-state index >= 15 is 0 Å². The summed E-state index contributed by atoms with van der Waals surface area (Å²) in [5.41, 5.74) is -0.738. The Hall–Kier alpha value is -0.610. The van der Waals surface area contributed by atoms with Gasteiger partial charge in [-0.25, -0.2) is 4.79 Å². The maximum Gasteiger partial charge on any atom is 0.328 e. The molecule has 1 unspecified atom stereocenters. The molecule has 0 aromatic rings. The lowest BCUT2D eigenvalue weighted by Crippen LogP contribution is -2.53. The second-order valence-electron chi connectivity index (χ2n) is 4.26. The summed E-state index contributed by atoms with van der Waals surface area (Å²) in [5.74, 6) is 0.182. The molecule has 0 aromatic heterocycles. The van der Waals surface area contributed by atoms with Crippen molar-refractivity contribution < 1.29 is 14.3 Å². The Bertz CT molecular complexity index is 194. The molecule has 0 aliphatic rings. The minimum Gasteiger partial charge on any atom is -0.468 e. The Balaban J connectivity index is 4.19. The molecule has 4 nitrogen and oxygen atoms in total. The van der Waals surface area contributed by atoms with Crippen LogP contribution in [-0.2, 0) is 14.3 Å². The molecule has 0 saturated carbocycles. The third-order valence-corrected chi connectivity index (χ3v) is 2.04. The van der Waals surface area contributed by atoms with Crippen LogP contribution < -0.4 is 5.32 Å². The van der Waals surface area contributed by atoms with Crippen LogP contribution in [0.15, 0.2) is 0 Å². The maximum absolute atomic E-state index is 11.5. The van der Waals surface area contributed by atoms with Crippen molar-refractivity contribution in [3.05, 3.63) is 0 Å². The summed E-state index contributed by atoms with van der Waals surface area (Å²) in [4.78, 5) is 11.5. The van der Waals surface area contributed by atoms with Crippen LogP contribution in [0.2, 0.25) is 0 Å². The molecule has 0 bridgehead atoms. The van der Waals surface area contributed by atoms with E-state index in [4.69, 9.17) is 9.47 Å². The molecule has 0 aliphatic carbocycles. The first-order valence-electron chi connectivity index (χ1n) is 5.37. The number of ether oxygens (including phenoxy) is 2. The fourth-order valence-electron chi connectivity index (χ4n) is 1.30. The van der Waals surface area contributed by atoms with E-state index in [9.17, 15) is 4.79 Å². The molecule has 0 spiro atoms. The quantitative estimate of drug-likeness (QED) is 0.651. The average molecular weight is 217 g/mol. The third-order valence-electron chi connectivity index (χ3n) is 2.04. The van der Waals surface area contributed by atoms with Crippen LogP contribution in [0.1, 0.15) is 27.7 Å². The highest BCUT2D eigenvalue weighted by molar-refractivity contribution is 5.80. The Morgan fingerprint density at radius 1 is 1.47 bits per heavy atom. The zero-order valence-corrected chi connectivity index (χ0v) is 10.4. The summed E-state index contributed by atoms with van der Waals surface area (Å²) in [6.45, 7) is 9.58. The molecule has 0 amide bonds. The van der Waals surface area contributed by atoms with E-state index in [1.54, 1.807) is 6.92 Å². The fourth-order valence-corrected chi connectivity index (χ4v) is 1.30. The molecule has 0 heterocycles. The molecule has 0 aliphatic heterocycles. The number of carbonyl (C=O) groups excluding carboxylic acids is 1. The van der Waals surface area contributed by atoms with E-state index in [2.05, 4.69) is 19.2 Å². The van der Waals surface area contributed by atoms with Crippen molar-refractivity contribution in [2.45, 2.75) is 33.2 Å². The average Bonchev–Trinajstić information content (AvgIpc) is 2.16. The molecule has 4 heteroatoms. The van der Waals surface area contributed by atoms with Crippen molar-refractivity contribution in [1.29, 1.82) is 0 Å². The highest BCUT2D eigenvalue weighted by Crippen LogP contribution is 2.08. The van der Waals surface area contributed by atoms with Crippen LogP contribution in [0.5, 0.6) is 0 Å². The molecular weight excluding hydrogens is 194 g/mol. The van der Waals surface area contributed by atoms with E-state index in [1.165, 1.54) is 7.11 Å². The van der Waals surface area contributed by atoms with Gasteiger partial charge in [-0.3, -0.25) is 0 Å². The number of carbonyl (C=O) groups is 1. The number of methoxy groups -OCH3 is 1. The molecule has 1 atom stereocenters. The van der Waals surface area contributed by atoms with Gasteiger partial charge in [0.05, 0.1) is 13.7 Å². The topological polar surface area (TPSA) is 47.6 Å². The lowest BCUT2D eigenvalue weighted by molar-refractivity contribution is -0.150. The lowest BCUT2D eigenvalue weighted by Gasteiger charge is -2.27. The molecule has 1 N–H and O–H groups in total. The lowest BCUT2D eigenvalue weighted by atomic mass is 10.0. The maximum atomic E-state index is 11.5. The molecule has 90 valence electrons. The van der Waals surface area contributed by atoms with E-state index in [0.29, 0.717) is 25.7 Å². The molecule has 0 saturated heterocycles. The second kappa shape index (κ2) is 6.80. The van der Waals surface area contributed by atoms with Crippen molar-refractivity contribution in [2.75, 3.05) is 26.9 Å². The van der Waals surface area contributed by atoms with Crippen LogP contribution in [0.25, 0.3) is 0 Å². The Morgan fingerprint density at radius 2 is 2.07 bits per heavy atom. The highest BCUT2D eigenvalue weighted by Gasteiger charge is 2.33. The van der Waals surface area contributed by atoms with E-state index < -0.39 is 5.54 Å². The SMILES string of the molecule is CCNC(C)(COCC(C)C)C(=O)OC. The van der Waals surface area contributed by atoms with E-state index in [0.717, 1.165) is 0 Å². The smallest absolute Gasteiger partial charge is 0.328 e. The predicted octanol–water partition coefficient (Wildman–Crippen LogP) is 1.20. The van der Waals surface area contributed by atoms with Gasteiger partial charge in [-0.05, 0) is 19.4 Å². The first-order valence-corrected chi connectivity index (χ1v) is 5.37. The van der Waals surface area contributed by atoms with E-state index in [1.807, 2.05) is 6.92 Å². The minimum atomic E-state index is -0.738. The van der Waals surface area contributed by atoms with Gasteiger partial charge in [-0.2, -0.15) is 0 Å². The van der Waals surface area contributed by atoms with Gasteiger partial charge in [0, 0.05) is 6.61 Å². The second-order valence-corrected chi connectivity index (χ2v) is 4.26. The summed E-state index contributed by atoms with van der Waals surface area (Å²) in [7, 11) is 1.39. The van der Waals surface area contributed by atoms with Gasteiger partial charge in [0.25, 0.3) is 0 Å². The zero-order valence-electron chi connectivity index (χ0n) is 10.4. The molecule has 15 heavy (non-hydrogen) atoms.